The predicted octanol–water partition coefficient (Wildman–Crippen LogP) is 5.35. The van der Waals surface area contributed by atoms with Crippen molar-refractivity contribution in [1.82, 2.24) is 4.98 Å². The number of carboxylic acid groups (broad SMARTS) is 1. The molecule has 2 N–H and O–H groups in total. The van der Waals surface area contributed by atoms with Crippen LogP contribution >= 0.6 is 23.1 Å². The number of nitrogens with one attached hydrogen (secondary N) is 1. The average molecular weight is 409 g/mol. The molecule has 3 rings (SSSR count). The molecule has 0 spiro atoms. The highest BCUT2D eigenvalue weighted by Crippen LogP contribution is 2.39. The lowest BCUT2D eigenvalue weighted by Gasteiger charge is -2.30. The topological polar surface area (TPSA) is 79.3 Å². The van der Waals surface area contributed by atoms with E-state index in [1.807, 2.05) is 6.08 Å². The number of carboxylic acids is 1. The minimum absolute atomic E-state index is 0.00268. The molecule has 0 unspecified atom stereocenters. The lowest BCUT2D eigenvalue weighted by Crippen LogP contribution is -2.19. The third-order valence-electron chi connectivity index (χ3n) is 5.50. The van der Waals surface area contributed by atoms with Crippen molar-refractivity contribution in [3.63, 3.8) is 0 Å². The third-order valence-corrected chi connectivity index (χ3v) is 7.59. The summed E-state index contributed by atoms with van der Waals surface area (Å²) < 4.78 is 0.800. The smallest absolute Gasteiger partial charge is 0.313 e. The van der Waals surface area contributed by atoms with E-state index < -0.39 is 5.97 Å². The molecule has 2 aliphatic rings. The molecule has 2 aliphatic carbocycles. The fourth-order valence-electron chi connectivity index (χ4n) is 3.85. The van der Waals surface area contributed by atoms with E-state index >= 15 is 0 Å². The van der Waals surface area contributed by atoms with Gasteiger partial charge in [0.05, 0.1) is 16.2 Å². The van der Waals surface area contributed by atoms with Gasteiger partial charge in [-0.05, 0) is 31.1 Å². The second-order valence-corrected chi connectivity index (χ2v) is 9.87. The predicted molar refractivity (Wildman–Crippen MR) is 110 cm³/mol. The van der Waals surface area contributed by atoms with Gasteiger partial charge in [-0.1, -0.05) is 61.9 Å². The van der Waals surface area contributed by atoms with Crippen LogP contribution in [0.15, 0.2) is 22.1 Å². The van der Waals surface area contributed by atoms with E-state index in [0.29, 0.717) is 11.0 Å². The molecule has 1 amide bonds. The van der Waals surface area contributed by atoms with Crippen molar-refractivity contribution < 1.29 is 14.7 Å². The highest BCUT2D eigenvalue weighted by Gasteiger charge is 2.25. The highest BCUT2D eigenvalue weighted by molar-refractivity contribution is 8.01. The Kier molecular flexibility index (Phi) is 7.76. The van der Waals surface area contributed by atoms with E-state index in [2.05, 4.69) is 10.3 Å². The van der Waals surface area contributed by atoms with Crippen LogP contribution in [0.3, 0.4) is 0 Å². The van der Waals surface area contributed by atoms with Gasteiger partial charge in [0.2, 0.25) is 5.91 Å². The van der Waals surface area contributed by atoms with Gasteiger partial charge in [0, 0.05) is 6.08 Å². The highest BCUT2D eigenvalue weighted by atomic mass is 32.2. The first-order valence-electron chi connectivity index (χ1n) is 9.92. The van der Waals surface area contributed by atoms with E-state index in [1.165, 1.54) is 86.5 Å². The fourth-order valence-corrected chi connectivity index (χ4v) is 5.45. The van der Waals surface area contributed by atoms with Crippen molar-refractivity contribution in [2.24, 2.45) is 11.8 Å². The van der Waals surface area contributed by atoms with E-state index in [0.717, 1.165) is 16.5 Å². The van der Waals surface area contributed by atoms with E-state index in [4.69, 9.17) is 5.11 Å². The number of amides is 1. The Bertz CT molecular complexity index is 675. The van der Waals surface area contributed by atoms with Crippen LogP contribution in [0.25, 0.3) is 0 Å². The number of nitrogens with zero attached hydrogens (tertiary/aromatic N) is 1. The van der Waals surface area contributed by atoms with Crippen molar-refractivity contribution in [2.75, 3.05) is 11.1 Å². The van der Waals surface area contributed by atoms with Gasteiger partial charge in [0.15, 0.2) is 5.13 Å². The normalized spacial score (nSPS) is 19.3. The number of thioether (sulfide) groups is 1. The number of carbonyl (C=O) groups excluding carboxylic acids is 1. The van der Waals surface area contributed by atoms with Crippen LogP contribution in [0.1, 0.15) is 64.2 Å². The van der Waals surface area contributed by atoms with Crippen LogP contribution in [0.4, 0.5) is 5.13 Å². The van der Waals surface area contributed by atoms with Crippen molar-refractivity contribution >= 4 is 40.1 Å². The minimum Gasteiger partial charge on any atom is -0.481 e. The summed E-state index contributed by atoms with van der Waals surface area (Å²) >= 11 is 2.55. The zero-order chi connectivity index (χ0) is 19.1. The number of allylic oxidation sites excluding steroid dienone is 1. The summed E-state index contributed by atoms with van der Waals surface area (Å²) in [7, 11) is 0. The summed E-state index contributed by atoms with van der Waals surface area (Å²) in [4.78, 5) is 27.4. The molecule has 2 fully saturated rings. The maximum absolute atomic E-state index is 12.5. The second kappa shape index (κ2) is 10.3. The summed E-state index contributed by atoms with van der Waals surface area (Å²) in [5.74, 6) is 0.353. The van der Waals surface area contributed by atoms with Crippen LogP contribution in [0.5, 0.6) is 0 Å². The zero-order valence-electron chi connectivity index (χ0n) is 15.6. The Hall–Kier alpha value is -1.34. The monoisotopic (exact) mass is 408 g/mol. The molecule has 1 aromatic heterocycles. The van der Waals surface area contributed by atoms with E-state index in [-0.39, 0.29) is 11.7 Å². The molecule has 0 aromatic carbocycles. The fraction of sp³-hybridized carbons (Fsp3) is 0.650. The second-order valence-electron chi connectivity index (χ2n) is 7.56. The number of thiazole rings is 1. The van der Waals surface area contributed by atoms with Gasteiger partial charge in [-0.25, -0.2) is 4.98 Å². The molecule has 1 aromatic rings. The van der Waals surface area contributed by atoms with Crippen LogP contribution < -0.4 is 5.32 Å². The lowest BCUT2D eigenvalue weighted by atomic mass is 9.75. The number of carbonyl (C=O) groups is 2. The van der Waals surface area contributed by atoms with Gasteiger partial charge in [0.25, 0.3) is 0 Å². The molecule has 0 aliphatic heterocycles. The molecular formula is C20H28N2O3S2. The summed E-state index contributed by atoms with van der Waals surface area (Å²) in [6.45, 7) is 0. The SMILES string of the molecule is O=C(O)CSc1cnc(NC(=O)/C=C(/CC2CCCCCC2)C2CCC2)s1. The number of anilines is 1. The molecular weight excluding hydrogens is 380 g/mol. The van der Waals surface area contributed by atoms with Gasteiger partial charge in [-0.3, -0.25) is 14.9 Å². The Morgan fingerprint density at radius 3 is 2.56 bits per heavy atom. The van der Waals surface area contributed by atoms with Crippen molar-refractivity contribution in [3.8, 4) is 0 Å². The maximum Gasteiger partial charge on any atom is 0.313 e. The summed E-state index contributed by atoms with van der Waals surface area (Å²) in [6, 6.07) is 0. The van der Waals surface area contributed by atoms with Gasteiger partial charge in [-0.15, -0.1) is 11.8 Å². The molecule has 148 valence electrons. The molecule has 0 atom stereocenters. The molecule has 5 nitrogen and oxygen atoms in total. The van der Waals surface area contributed by atoms with Crippen molar-refractivity contribution in [3.05, 3.63) is 17.8 Å². The number of hydrogen-bond donors (Lipinski definition) is 2. The number of rotatable bonds is 8. The molecule has 0 saturated heterocycles. The largest absolute Gasteiger partial charge is 0.481 e. The Morgan fingerprint density at radius 1 is 1.19 bits per heavy atom. The summed E-state index contributed by atoms with van der Waals surface area (Å²) in [5.41, 5.74) is 1.32. The van der Waals surface area contributed by atoms with Gasteiger partial charge in [0.1, 0.15) is 0 Å². The Morgan fingerprint density at radius 2 is 1.93 bits per heavy atom. The van der Waals surface area contributed by atoms with Crippen LogP contribution in [0.2, 0.25) is 0 Å². The molecule has 0 bridgehead atoms. The van der Waals surface area contributed by atoms with Crippen LogP contribution in [-0.4, -0.2) is 27.7 Å². The van der Waals surface area contributed by atoms with E-state index in [1.54, 1.807) is 6.20 Å². The molecule has 1 heterocycles. The first-order valence-corrected chi connectivity index (χ1v) is 11.7. The minimum atomic E-state index is -0.856. The molecule has 27 heavy (non-hydrogen) atoms. The van der Waals surface area contributed by atoms with E-state index in [9.17, 15) is 9.59 Å². The van der Waals surface area contributed by atoms with Gasteiger partial charge >= 0.3 is 5.97 Å². The third kappa shape index (κ3) is 6.64. The quantitative estimate of drug-likeness (QED) is 0.344. The summed E-state index contributed by atoms with van der Waals surface area (Å²) in [6.07, 6.45) is 16.1. The maximum atomic E-state index is 12.5. The number of aromatic nitrogens is 1. The van der Waals surface area contributed by atoms with Gasteiger partial charge < -0.3 is 5.11 Å². The van der Waals surface area contributed by atoms with Crippen molar-refractivity contribution in [2.45, 2.75) is 68.4 Å². The van der Waals surface area contributed by atoms with Crippen LogP contribution in [0, 0.1) is 11.8 Å². The standard InChI is InChI=1S/C20H28N2O3S2/c23-17(22-20-21-12-19(27-20)26-13-18(24)25)11-16(15-8-5-9-15)10-14-6-3-1-2-4-7-14/h11-12,14-15H,1-10,13H2,(H,24,25)(H,21,22,23)/b16-11-. The molecule has 0 radical (unpaired) electrons. The lowest BCUT2D eigenvalue weighted by molar-refractivity contribution is -0.133. The number of aliphatic carboxylic acids is 1. The average Bonchev–Trinajstić information content (AvgIpc) is 2.85. The number of hydrogen-bond acceptors (Lipinski definition) is 5. The summed E-state index contributed by atoms with van der Waals surface area (Å²) in [5, 5.41) is 12.1. The zero-order valence-corrected chi connectivity index (χ0v) is 17.2. The van der Waals surface area contributed by atoms with Crippen molar-refractivity contribution in [1.29, 1.82) is 0 Å². The first kappa shape index (κ1) is 20.4. The molecule has 2 saturated carbocycles. The first-order chi connectivity index (χ1) is 13.1. The Labute approximate surface area is 169 Å². The van der Waals surface area contributed by atoms with Gasteiger partial charge in [-0.2, -0.15) is 0 Å². The van der Waals surface area contributed by atoms with Crippen LogP contribution in [-0.2, 0) is 9.59 Å². The Balaban J connectivity index is 1.58. The molecule has 7 heteroatoms.